The summed E-state index contributed by atoms with van der Waals surface area (Å²) >= 11 is 0. The number of allylic oxidation sites excluding steroid dienone is 2. The SMILES string of the molecule is B.C1=CNc2ccc3c(ccc4ccccc43)c2C=C1.F. The molecular formula is C18H17BFN. The molecule has 0 bridgehead atoms. The minimum absolute atomic E-state index is 0. The van der Waals surface area contributed by atoms with Crippen LogP contribution in [-0.4, -0.2) is 8.41 Å². The van der Waals surface area contributed by atoms with Crippen molar-refractivity contribution in [3.8, 4) is 0 Å². The third-order valence-electron chi connectivity index (χ3n) is 3.68. The van der Waals surface area contributed by atoms with E-state index in [2.05, 4.69) is 66.0 Å². The summed E-state index contributed by atoms with van der Waals surface area (Å²) in [7, 11) is 0. The van der Waals surface area contributed by atoms with E-state index in [1.54, 1.807) is 0 Å². The Morgan fingerprint density at radius 1 is 0.714 bits per heavy atom. The van der Waals surface area contributed by atoms with Gasteiger partial charge in [-0.3, -0.25) is 4.70 Å². The van der Waals surface area contributed by atoms with E-state index in [1.807, 2.05) is 12.3 Å². The maximum absolute atomic E-state index is 3.32. The Labute approximate surface area is 124 Å². The molecule has 1 heterocycles. The zero-order chi connectivity index (χ0) is 12.7. The fourth-order valence-electron chi connectivity index (χ4n) is 2.76. The molecule has 0 spiro atoms. The summed E-state index contributed by atoms with van der Waals surface area (Å²) in [4.78, 5) is 0. The molecule has 1 nitrogen and oxygen atoms in total. The quantitative estimate of drug-likeness (QED) is 0.485. The van der Waals surface area contributed by atoms with E-state index >= 15 is 0 Å². The van der Waals surface area contributed by atoms with Crippen molar-refractivity contribution in [2.45, 2.75) is 0 Å². The van der Waals surface area contributed by atoms with E-state index in [0.29, 0.717) is 0 Å². The van der Waals surface area contributed by atoms with Gasteiger partial charge in [0.25, 0.3) is 0 Å². The van der Waals surface area contributed by atoms with Crippen molar-refractivity contribution in [1.29, 1.82) is 0 Å². The van der Waals surface area contributed by atoms with Crippen molar-refractivity contribution in [3.05, 3.63) is 72.4 Å². The number of halogens is 1. The molecule has 1 aliphatic rings. The largest absolute Gasteiger partial charge is 0.361 e. The van der Waals surface area contributed by atoms with Gasteiger partial charge in [0.05, 0.1) is 8.41 Å². The third kappa shape index (κ3) is 2.31. The first kappa shape index (κ1) is 14.9. The zero-order valence-corrected chi connectivity index (χ0v) is 10.8. The van der Waals surface area contributed by atoms with Gasteiger partial charge in [-0.1, -0.05) is 54.6 Å². The van der Waals surface area contributed by atoms with Gasteiger partial charge in [-0.05, 0) is 33.7 Å². The highest BCUT2D eigenvalue weighted by molar-refractivity contribution is 6.11. The number of rotatable bonds is 0. The van der Waals surface area contributed by atoms with Crippen molar-refractivity contribution in [2.24, 2.45) is 0 Å². The van der Waals surface area contributed by atoms with E-state index in [4.69, 9.17) is 0 Å². The Hall–Kier alpha value is -2.55. The average Bonchev–Trinajstić information content (AvgIpc) is 2.72. The van der Waals surface area contributed by atoms with Gasteiger partial charge < -0.3 is 5.32 Å². The van der Waals surface area contributed by atoms with Gasteiger partial charge in [-0.15, -0.1) is 0 Å². The molecule has 1 N–H and O–H groups in total. The second-order valence-electron chi connectivity index (χ2n) is 4.77. The van der Waals surface area contributed by atoms with Crippen LogP contribution in [0.2, 0.25) is 0 Å². The second kappa shape index (κ2) is 5.84. The summed E-state index contributed by atoms with van der Waals surface area (Å²) in [6, 6.07) is 17.3. The standard InChI is InChI=1S/C18H13N.BH3.FH/c1-2-6-14-13(5-1)8-9-16-15(14)10-11-18-17(16)7-3-4-12-19-18;;/h1-12,19H;1H3;1H. The summed E-state index contributed by atoms with van der Waals surface area (Å²) < 4.78 is 0. The lowest BCUT2D eigenvalue weighted by molar-refractivity contribution is 1.11. The van der Waals surface area contributed by atoms with Gasteiger partial charge in [-0.25, -0.2) is 0 Å². The lowest BCUT2D eigenvalue weighted by Crippen LogP contribution is -1.90. The molecule has 1 aliphatic heterocycles. The number of hydrogen-bond donors (Lipinski definition) is 1. The maximum atomic E-state index is 3.32. The fourth-order valence-corrected chi connectivity index (χ4v) is 2.76. The third-order valence-corrected chi connectivity index (χ3v) is 3.68. The Kier molecular flexibility index (Phi) is 4.13. The topological polar surface area (TPSA) is 12.0 Å². The molecule has 0 unspecified atom stereocenters. The molecule has 3 aromatic carbocycles. The van der Waals surface area contributed by atoms with Crippen LogP contribution in [0.1, 0.15) is 5.56 Å². The molecule has 0 aliphatic carbocycles. The second-order valence-corrected chi connectivity index (χ2v) is 4.77. The number of hydrogen-bond acceptors (Lipinski definition) is 1. The van der Waals surface area contributed by atoms with Crippen LogP contribution in [0.3, 0.4) is 0 Å². The molecule has 0 saturated heterocycles. The Bertz CT molecular complexity index is 852. The molecule has 4 rings (SSSR count). The molecule has 0 aromatic heterocycles. The molecule has 21 heavy (non-hydrogen) atoms. The summed E-state index contributed by atoms with van der Waals surface area (Å²) in [6.45, 7) is 0. The van der Waals surface area contributed by atoms with Crippen LogP contribution in [0.25, 0.3) is 27.6 Å². The first-order chi connectivity index (χ1) is 9.43. The van der Waals surface area contributed by atoms with Gasteiger partial charge in [0.15, 0.2) is 0 Å². The average molecular weight is 277 g/mol. The van der Waals surface area contributed by atoms with Crippen molar-refractivity contribution < 1.29 is 4.70 Å². The zero-order valence-electron chi connectivity index (χ0n) is 10.8. The van der Waals surface area contributed by atoms with Gasteiger partial charge in [0.2, 0.25) is 0 Å². The van der Waals surface area contributed by atoms with Crippen LogP contribution in [-0.2, 0) is 0 Å². The first-order valence-electron chi connectivity index (χ1n) is 6.48. The smallest absolute Gasteiger partial charge is 0.0814 e. The Balaban J connectivity index is 0.000000807. The highest BCUT2D eigenvalue weighted by atomic mass is 19.0. The van der Waals surface area contributed by atoms with Gasteiger partial charge >= 0.3 is 0 Å². The summed E-state index contributed by atoms with van der Waals surface area (Å²) in [5.41, 5.74) is 2.42. The van der Waals surface area contributed by atoms with E-state index in [1.165, 1.54) is 27.1 Å². The highest BCUT2D eigenvalue weighted by Gasteiger charge is 2.07. The predicted octanol–water partition coefficient (Wildman–Crippen LogP) is 3.91. The van der Waals surface area contributed by atoms with Crippen molar-refractivity contribution >= 4 is 41.7 Å². The van der Waals surface area contributed by atoms with Crippen molar-refractivity contribution in [2.75, 3.05) is 5.32 Å². The molecule has 0 fully saturated rings. The molecule has 0 atom stereocenters. The van der Waals surface area contributed by atoms with Gasteiger partial charge in [0.1, 0.15) is 0 Å². The monoisotopic (exact) mass is 277 g/mol. The van der Waals surface area contributed by atoms with Crippen LogP contribution in [0, 0.1) is 0 Å². The number of benzene rings is 3. The minimum Gasteiger partial charge on any atom is -0.361 e. The van der Waals surface area contributed by atoms with Gasteiger partial charge in [0, 0.05) is 17.5 Å². The van der Waals surface area contributed by atoms with E-state index in [-0.39, 0.29) is 13.1 Å². The highest BCUT2D eigenvalue weighted by Crippen LogP contribution is 2.33. The first-order valence-corrected chi connectivity index (χ1v) is 6.48. The molecule has 0 saturated carbocycles. The van der Waals surface area contributed by atoms with Gasteiger partial charge in [-0.2, -0.15) is 0 Å². The molecule has 0 amide bonds. The molecule has 3 aromatic rings. The lowest BCUT2D eigenvalue weighted by atomic mass is 9.97. The van der Waals surface area contributed by atoms with E-state index in [9.17, 15) is 0 Å². The molecule has 0 radical (unpaired) electrons. The van der Waals surface area contributed by atoms with Crippen LogP contribution in [0.15, 0.2) is 66.9 Å². The van der Waals surface area contributed by atoms with Crippen molar-refractivity contribution in [3.63, 3.8) is 0 Å². The predicted molar refractivity (Wildman–Crippen MR) is 95.7 cm³/mol. The molecule has 104 valence electrons. The maximum Gasteiger partial charge on any atom is 0.0814 e. The minimum atomic E-state index is 0. The summed E-state index contributed by atoms with van der Waals surface area (Å²) in [5.74, 6) is 0. The summed E-state index contributed by atoms with van der Waals surface area (Å²) in [5, 5.41) is 8.53. The van der Waals surface area contributed by atoms with Crippen LogP contribution >= 0.6 is 0 Å². The number of nitrogens with one attached hydrogen (secondary N) is 1. The van der Waals surface area contributed by atoms with E-state index in [0.717, 1.165) is 5.69 Å². The molecular weight excluding hydrogens is 260 g/mol. The number of anilines is 1. The van der Waals surface area contributed by atoms with Crippen molar-refractivity contribution in [1.82, 2.24) is 0 Å². The van der Waals surface area contributed by atoms with E-state index < -0.39 is 0 Å². The Morgan fingerprint density at radius 2 is 1.52 bits per heavy atom. The van der Waals surface area contributed by atoms with Crippen LogP contribution < -0.4 is 5.32 Å². The summed E-state index contributed by atoms with van der Waals surface area (Å²) in [6.07, 6.45) is 8.23. The van der Waals surface area contributed by atoms with Crippen LogP contribution in [0.4, 0.5) is 10.4 Å². The number of fused-ring (bicyclic) bond motifs is 5. The normalized spacial score (nSPS) is 12.0. The fraction of sp³-hybridized carbons (Fsp3) is 0. The lowest BCUT2D eigenvalue weighted by Gasteiger charge is -2.11. The van der Waals surface area contributed by atoms with Crippen LogP contribution in [0.5, 0.6) is 0 Å². The molecule has 3 heteroatoms. The Morgan fingerprint density at radius 3 is 2.43 bits per heavy atom.